The van der Waals surface area contributed by atoms with E-state index in [2.05, 4.69) is 5.32 Å². The molecular formula is C21H22ClN3O4. The van der Waals surface area contributed by atoms with Crippen LogP contribution in [0.25, 0.3) is 0 Å². The van der Waals surface area contributed by atoms with Crippen molar-refractivity contribution in [3.63, 3.8) is 0 Å². The van der Waals surface area contributed by atoms with Crippen molar-refractivity contribution in [3.8, 4) is 0 Å². The number of benzene rings is 1. The molecule has 0 aromatic heterocycles. The minimum Gasteiger partial charge on any atom is -0.324 e. The van der Waals surface area contributed by atoms with Gasteiger partial charge in [0.15, 0.2) is 0 Å². The Bertz CT molecular complexity index is 903. The van der Waals surface area contributed by atoms with Gasteiger partial charge in [0.25, 0.3) is 0 Å². The second-order valence-electron chi connectivity index (χ2n) is 7.68. The number of likely N-dealkylation sites (tertiary alicyclic amines) is 1. The summed E-state index contributed by atoms with van der Waals surface area (Å²) in [6.07, 6.45) is 6.19. The van der Waals surface area contributed by atoms with E-state index >= 15 is 0 Å². The summed E-state index contributed by atoms with van der Waals surface area (Å²) in [7, 11) is 0. The van der Waals surface area contributed by atoms with Crippen LogP contribution in [0, 0.1) is 11.8 Å². The first-order valence-electron chi connectivity index (χ1n) is 9.81. The first-order valence-corrected chi connectivity index (χ1v) is 10.2. The zero-order valence-electron chi connectivity index (χ0n) is 16.1. The number of anilines is 2. The van der Waals surface area contributed by atoms with Crippen LogP contribution < -0.4 is 10.2 Å². The Kier molecular flexibility index (Phi) is 5.17. The topological polar surface area (TPSA) is 86.8 Å². The summed E-state index contributed by atoms with van der Waals surface area (Å²) in [6.45, 7) is 2.17. The van der Waals surface area contributed by atoms with Gasteiger partial charge in [-0.3, -0.25) is 24.1 Å². The quantitative estimate of drug-likeness (QED) is 0.605. The molecule has 2 aliphatic heterocycles. The summed E-state index contributed by atoms with van der Waals surface area (Å²) in [5.41, 5.74) is 1.06. The van der Waals surface area contributed by atoms with Gasteiger partial charge in [-0.15, -0.1) is 0 Å². The molecular weight excluding hydrogens is 394 g/mol. The molecule has 2 heterocycles. The van der Waals surface area contributed by atoms with Gasteiger partial charge in [0.05, 0.1) is 22.5 Å². The third-order valence-corrected chi connectivity index (χ3v) is 6.19. The van der Waals surface area contributed by atoms with Crippen LogP contribution in [0.5, 0.6) is 0 Å². The molecule has 0 saturated carbocycles. The van der Waals surface area contributed by atoms with E-state index in [1.807, 2.05) is 12.2 Å². The number of amides is 4. The van der Waals surface area contributed by atoms with Crippen LogP contribution in [-0.2, 0) is 19.2 Å². The highest BCUT2D eigenvalue weighted by Crippen LogP contribution is 2.36. The van der Waals surface area contributed by atoms with Crippen molar-refractivity contribution in [2.45, 2.75) is 38.6 Å². The zero-order valence-corrected chi connectivity index (χ0v) is 16.8. The number of nitrogens with one attached hydrogen (secondary N) is 1. The minimum absolute atomic E-state index is 0.0272. The Morgan fingerprint density at radius 3 is 2.34 bits per heavy atom. The molecule has 3 aliphatic rings. The van der Waals surface area contributed by atoms with Gasteiger partial charge in [0.2, 0.25) is 23.6 Å². The largest absolute Gasteiger partial charge is 0.324 e. The number of imide groups is 1. The number of allylic oxidation sites excluding steroid dienone is 2. The molecule has 1 N–H and O–H groups in total. The SMILES string of the molecule is C[C@H](C(=O)Nc1ccc(N2CCCC2=O)c(Cl)c1)N1C(=O)[C@@H]2CC=CC[C@H]2C1=O. The molecule has 7 nitrogen and oxygen atoms in total. The van der Waals surface area contributed by atoms with Crippen molar-refractivity contribution in [2.75, 3.05) is 16.8 Å². The predicted octanol–water partition coefficient (Wildman–Crippen LogP) is 2.75. The molecule has 1 aromatic rings. The van der Waals surface area contributed by atoms with Gasteiger partial charge in [-0.2, -0.15) is 0 Å². The van der Waals surface area contributed by atoms with Crippen molar-refractivity contribution < 1.29 is 19.2 Å². The highest BCUT2D eigenvalue weighted by Gasteiger charge is 2.50. The maximum atomic E-state index is 12.7. The van der Waals surface area contributed by atoms with Gasteiger partial charge in [-0.1, -0.05) is 23.8 Å². The number of rotatable bonds is 4. The number of carbonyl (C=O) groups is 4. The van der Waals surface area contributed by atoms with Crippen LogP contribution in [0.2, 0.25) is 5.02 Å². The predicted molar refractivity (Wildman–Crippen MR) is 108 cm³/mol. The third kappa shape index (κ3) is 3.44. The Morgan fingerprint density at radius 1 is 1.14 bits per heavy atom. The lowest BCUT2D eigenvalue weighted by molar-refractivity contribution is -0.146. The molecule has 2 fully saturated rings. The van der Waals surface area contributed by atoms with E-state index in [4.69, 9.17) is 11.6 Å². The smallest absolute Gasteiger partial charge is 0.247 e. The van der Waals surface area contributed by atoms with Gasteiger partial charge in [0, 0.05) is 18.7 Å². The monoisotopic (exact) mass is 415 g/mol. The van der Waals surface area contributed by atoms with E-state index in [0.717, 1.165) is 11.3 Å². The van der Waals surface area contributed by atoms with E-state index in [9.17, 15) is 19.2 Å². The molecule has 152 valence electrons. The van der Waals surface area contributed by atoms with Crippen molar-refractivity contribution >= 4 is 46.6 Å². The van der Waals surface area contributed by atoms with Crippen LogP contribution in [0.3, 0.4) is 0 Å². The average molecular weight is 416 g/mol. The van der Waals surface area contributed by atoms with Crippen LogP contribution >= 0.6 is 11.6 Å². The lowest BCUT2D eigenvalue weighted by Crippen LogP contribution is -2.46. The lowest BCUT2D eigenvalue weighted by atomic mass is 9.85. The summed E-state index contributed by atoms with van der Waals surface area (Å²) in [4.78, 5) is 52.7. The van der Waals surface area contributed by atoms with Gasteiger partial charge >= 0.3 is 0 Å². The molecule has 4 amide bonds. The van der Waals surface area contributed by atoms with Gasteiger partial charge in [0.1, 0.15) is 6.04 Å². The summed E-state index contributed by atoms with van der Waals surface area (Å²) < 4.78 is 0. The molecule has 8 heteroatoms. The molecule has 0 radical (unpaired) electrons. The Hall–Kier alpha value is -2.67. The maximum absolute atomic E-state index is 12.7. The Morgan fingerprint density at radius 2 is 1.79 bits per heavy atom. The van der Waals surface area contributed by atoms with Crippen LogP contribution in [0.1, 0.15) is 32.6 Å². The molecule has 2 saturated heterocycles. The molecule has 0 spiro atoms. The zero-order chi connectivity index (χ0) is 20.7. The summed E-state index contributed by atoms with van der Waals surface area (Å²) in [5.74, 6) is -1.73. The molecule has 0 unspecified atom stereocenters. The molecule has 1 aliphatic carbocycles. The fourth-order valence-corrected chi connectivity index (χ4v) is 4.56. The van der Waals surface area contributed by atoms with E-state index in [0.29, 0.717) is 42.2 Å². The van der Waals surface area contributed by atoms with Crippen LogP contribution in [0.4, 0.5) is 11.4 Å². The van der Waals surface area contributed by atoms with E-state index < -0.39 is 11.9 Å². The maximum Gasteiger partial charge on any atom is 0.247 e. The number of halogens is 1. The highest BCUT2D eigenvalue weighted by molar-refractivity contribution is 6.34. The molecule has 4 rings (SSSR count). The van der Waals surface area contributed by atoms with Gasteiger partial charge < -0.3 is 10.2 Å². The van der Waals surface area contributed by atoms with Gasteiger partial charge in [-0.25, -0.2) is 0 Å². The minimum atomic E-state index is -0.917. The number of nitrogens with zero attached hydrogens (tertiary/aromatic N) is 2. The summed E-state index contributed by atoms with van der Waals surface area (Å²) in [6, 6.07) is 4.01. The van der Waals surface area contributed by atoms with Crippen molar-refractivity contribution in [3.05, 3.63) is 35.4 Å². The van der Waals surface area contributed by atoms with Crippen molar-refractivity contribution in [1.29, 1.82) is 0 Å². The van der Waals surface area contributed by atoms with E-state index in [1.165, 1.54) is 0 Å². The standard InChI is InChI=1S/C21H22ClN3O4/c1-12(25-20(28)14-5-2-3-6-15(14)21(25)29)19(27)23-13-8-9-17(16(22)11-13)24-10-4-7-18(24)26/h2-3,8-9,11-12,14-15H,4-7,10H2,1H3,(H,23,27)/t12-,14-,15-/m1/s1. The van der Waals surface area contributed by atoms with Crippen LogP contribution in [-0.4, -0.2) is 41.1 Å². The number of fused-ring (bicyclic) bond motifs is 1. The average Bonchev–Trinajstić information content (AvgIpc) is 3.23. The molecule has 29 heavy (non-hydrogen) atoms. The lowest BCUT2D eigenvalue weighted by Gasteiger charge is -2.23. The van der Waals surface area contributed by atoms with Crippen molar-refractivity contribution in [2.24, 2.45) is 11.8 Å². The number of carbonyl (C=O) groups excluding carboxylic acids is 4. The normalized spacial score (nSPS) is 24.8. The van der Waals surface area contributed by atoms with E-state index in [-0.39, 0.29) is 29.6 Å². The Balaban J connectivity index is 1.46. The molecule has 1 aromatic carbocycles. The Labute approximate surface area is 173 Å². The number of hydrogen-bond acceptors (Lipinski definition) is 4. The second kappa shape index (κ2) is 7.63. The molecule has 0 bridgehead atoms. The second-order valence-corrected chi connectivity index (χ2v) is 8.09. The summed E-state index contributed by atoms with van der Waals surface area (Å²) >= 11 is 6.32. The highest BCUT2D eigenvalue weighted by atomic mass is 35.5. The van der Waals surface area contributed by atoms with E-state index in [1.54, 1.807) is 30.0 Å². The summed E-state index contributed by atoms with van der Waals surface area (Å²) in [5, 5.41) is 3.08. The third-order valence-electron chi connectivity index (χ3n) is 5.89. The van der Waals surface area contributed by atoms with Crippen LogP contribution in [0.15, 0.2) is 30.4 Å². The molecule has 3 atom stereocenters. The first kappa shape index (κ1) is 19.6. The fraction of sp³-hybridized carbons (Fsp3) is 0.429. The first-order chi connectivity index (χ1) is 13.9. The van der Waals surface area contributed by atoms with Gasteiger partial charge in [-0.05, 0) is 44.4 Å². The number of hydrogen-bond donors (Lipinski definition) is 1. The fourth-order valence-electron chi connectivity index (χ4n) is 4.28. The van der Waals surface area contributed by atoms with Crippen molar-refractivity contribution in [1.82, 2.24) is 4.90 Å².